The van der Waals surface area contributed by atoms with Crippen molar-refractivity contribution in [3.63, 3.8) is 0 Å². The monoisotopic (exact) mass is 259 g/mol. The molecule has 0 radical (unpaired) electrons. The SMILES string of the molecule is CCC1CCc2[nH]c(-c3c(N)ncnc3OC)nc21. The lowest BCUT2D eigenvalue weighted by Crippen LogP contribution is -2.01. The molecule has 0 fully saturated rings. The summed E-state index contributed by atoms with van der Waals surface area (Å²) < 4.78 is 5.24. The van der Waals surface area contributed by atoms with E-state index in [2.05, 4.69) is 26.9 Å². The van der Waals surface area contributed by atoms with E-state index in [1.165, 1.54) is 18.4 Å². The lowest BCUT2D eigenvalue weighted by atomic mass is 10.1. The Morgan fingerprint density at radius 3 is 3.05 bits per heavy atom. The normalized spacial score (nSPS) is 17.5. The number of nitrogens with two attached hydrogens (primary N) is 1. The number of anilines is 1. The molecule has 3 N–H and O–H groups in total. The number of rotatable bonds is 3. The first kappa shape index (κ1) is 12.0. The summed E-state index contributed by atoms with van der Waals surface area (Å²) in [5.41, 5.74) is 8.93. The van der Waals surface area contributed by atoms with Crippen molar-refractivity contribution in [3.8, 4) is 17.3 Å². The zero-order valence-electron chi connectivity index (χ0n) is 11.1. The third kappa shape index (κ3) is 1.83. The van der Waals surface area contributed by atoms with Crippen molar-refractivity contribution in [1.82, 2.24) is 19.9 Å². The van der Waals surface area contributed by atoms with Crippen molar-refractivity contribution >= 4 is 5.82 Å². The topological polar surface area (TPSA) is 89.7 Å². The van der Waals surface area contributed by atoms with Crippen LogP contribution >= 0.6 is 0 Å². The van der Waals surface area contributed by atoms with Crippen molar-refractivity contribution in [2.75, 3.05) is 12.8 Å². The molecule has 0 aliphatic heterocycles. The molecule has 0 spiro atoms. The van der Waals surface area contributed by atoms with Gasteiger partial charge in [0, 0.05) is 11.6 Å². The molecule has 100 valence electrons. The van der Waals surface area contributed by atoms with Gasteiger partial charge in [0.2, 0.25) is 5.88 Å². The van der Waals surface area contributed by atoms with Gasteiger partial charge in [-0.1, -0.05) is 6.92 Å². The molecule has 1 unspecified atom stereocenters. The van der Waals surface area contributed by atoms with Gasteiger partial charge in [-0.25, -0.2) is 15.0 Å². The summed E-state index contributed by atoms with van der Waals surface area (Å²) in [5, 5.41) is 0. The highest BCUT2D eigenvalue weighted by molar-refractivity contribution is 5.73. The zero-order chi connectivity index (χ0) is 13.4. The fourth-order valence-electron chi connectivity index (χ4n) is 2.68. The van der Waals surface area contributed by atoms with Crippen molar-refractivity contribution < 1.29 is 4.74 Å². The molecule has 1 aliphatic carbocycles. The van der Waals surface area contributed by atoms with Gasteiger partial charge in [0.1, 0.15) is 23.5 Å². The number of nitrogens with one attached hydrogen (secondary N) is 1. The van der Waals surface area contributed by atoms with Crippen molar-refractivity contribution in [2.24, 2.45) is 0 Å². The number of hydrogen-bond acceptors (Lipinski definition) is 5. The largest absolute Gasteiger partial charge is 0.480 e. The molecule has 2 aromatic heterocycles. The van der Waals surface area contributed by atoms with E-state index >= 15 is 0 Å². The Bertz CT molecular complexity index is 607. The van der Waals surface area contributed by atoms with Crippen LogP contribution in [0.25, 0.3) is 11.4 Å². The number of fused-ring (bicyclic) bond motifs is 1. The van der Waals surface area contributed by atoms with Gasteiger partial charge in [0.15, 0.2) is 0 Å². The summed E-state index contributed by atoms with van der Waals surface area (Å²) in [4.78, 5) is 16.1. The number of aromatic nitrogens is 4. The molecule has 6 heteroatoms. The first-order valence-corrected chi connectivity index (χ1v) is 6.48. The molecule has 2 aromatic rings. The molecule has 2 heterocycles. The Morgan fingerprint density at radius 1 is 1.47 bits per heavy atom. The smallest absolute Gasteiger partial charge is 0.229 e. The maximum atomic E-state index is 5.92. The molecule has 3 rings (SSSR count). The average Bonchev–Trinajstić information content (AvgIpc) is 2.97. The predicted molar refractivity (Wildman–Crippen MR) is 71.9 cm³/mol. The average molecular weight is 259 g/mol. The number of imidazole rings is 1. The van der Waals surface area contributed by atoms with Crippen molar-refractivity contribution in [1.29, 1.82) is 0 Å². The van der Waals surface area contributed by atoms with E-state index in [0.717, 1.165) is 18.5 Å². The standard InChI is InChI=1S/C13H17N5O/c1-3-7-4-5-8-10(7)18-12(17-8)9-11(14)15-6-16-13(9)19-2/h6-7H,3-5H2,1-2H3,(H,17,18)(H2,14,15,16). The van der Waals surface area contributed by atoms with Gasteiger partial charge in [0.05, 0.1) is 12.8 Å². The fraction of sp³-hybridized carbons (Fsp3) is 0.462. The van der Waals surface area contributed by atoms with Crippen LogP contribution in [-0.4, -0.2) is 27.0 Å². The Labute approximate surface area is 111 Å². The molecule has 0 bridgehead atoms. The van der Waals surface area contributed by atoms with Crippen molar-refractivity contribution in [3.05, 3.63) is 17.7 Å². The van der Waals surface area contributed by atoms with Crippen LogP contribution in [0.4, 0.5) is 5.82 Å². The van der Waals surface area contributed by atoms with Gasteiger partial charge >= 0.3 is 0 Å². The molecule has 1 atom stereocenters. The quantitative estimate of drug-likeness (QED) is 0.878. The number of nitrogens with zero attached hydrogens (tertiary/aromatic N) is 3. The Balaban J connectivity index is 2.09. The van der Waals surface area contributed by atoms with E-state index in [-0.39, 0.29) is 0 Å². The molecule has 0 saturated carbocycles. The number of H-pyrrole nitrogens is 1. The van der Waals surface area contributed by atoms with Crippen LogP contribution in [-0.2, 0) is 6.42 Å². The van der Waals surface area contributed by atoms with E-state index in [1.807, 2.05) is 0 Å². The lowest BCUT2D eigenvalue weighted by molar-refractivity contribution is 0.398. The van der Waals surface area contributed by atoms with Crippen molar-refractivity contribution in [2.45, 2.75) is 32.1 Å². The molecular weight excluding hydrogens is 242 g/mol. The highest BCUT2D eigenvalue weighted by Crippen LogP contribution is 2.37. The third-order valence-corrected chi connectivity index (χ3v) is 3.70. The van der Waals surface area contributed by atoms with Crippen LogP contribution in [0.3, 0.4) is 0 Å². The number of aromatic amines is 1. The first-order chi connectivity index (χ1) is 9.24. The number of ether oxygens (including phenoxy) is 1. The minimum atomic E-state index is 0.382. The maximum Gasteiger partial charge on any atom is 0.229 e. The number of nitrogen functional groups attached to an aromatic ring is 1. The Kier molecular flexibility index (Phi) is 2.85. The third-order valence-electron chi connectivity index (χ3n) is 3.70. The molecule has 1 aliphatic rings. The summed E-state index contributed by atoms with van der Waals surface area (Å²) >= 11 is 0. The fourth-order valence-corrected chi connectivity index (χ4v) is 2.68. The van der Waals surface area contributed by atoms with Crippen LogP contribution in [0.15, 0.2) is 6.33 Å². The van der Waals surface area contributed by atoms with E-state index < -0.39 is 0 Å². The summed E-state index contributed by atoms with van der Waals surface area (Å²) in [5.74, 6) is 2.08. The second-order valence-electron chi connectivity index (χ2n) is 4.74. The van der Waals surface area contributed by atoms with Crippen LogP contribution in [0.1, 0.15) is 37.1 Å². The lowest BCUT2D eigenvalue weighted by Gasteiger charge is -2.07. The molecule has 0 aromatic carbocycles. The van der Waals surface area contributed by atoms with E-state index in [9.17, 15) is 0 Å². The van der Waals surface area contributed by atoms with Gasteiger partial charge in [-0.15, -0.1) is 0 Å². The van der Waals surface area contributed by atoms with Gasteiger partial charge in [-0.2, -0.15) is 0 Å². The molecular formula is C13H17N5O. The van der Waals surface area contributed by atoms with Gasteiger partial charge in [-0.3, -0.25) is 0 Å². The van der Waals surface area contributed by atoms with Gasteiger partial charge in [-0.05, 0) is 19.3 Å². The summed E-state index contributed by atoms with van der Waals surface area (Å²) in [6, 6.07) is 0. The number of methoxy groups -OCH3 is 1. The number of hydrogen-bond donors (Lipinski definition) is 2. The molecule has 19 heavy (non-hydrogen) atoms. The van der Waals surface area contributed by atoms with Gasteiger partial charge in [0.25, 0.3) is 0 Å². The van der Waals surface area contributed by atoms with Crippen LogP contribution in [0.5, 0.6) is 5.88 Å². The second kappa shape index (κ2) is 4.53. The van der Waals surface area contributed by atoms with E-state index in [0.29, 0.717) is 29.0 Å². The van der Waals surface area contributed by atoms with Gasteiger partial charge < -0.3 is 15.5 Å². The minimum absolute atomic E-state index is 0.382. The molecule has 0 saturated heterocycles. The van der Waals surface area contributed by atoms with Crippen LogP contribution in [0, 0.1) is 0 Å². The minimum Gasteiger partial charge on any atom is -0.480 e. The Morgan fingerprint density at radius 2 is 2.32 bits per heavy atom. The maximum absolute atomic E-state index is 5.92. The summed E-state index contributed by atoms with van der Waals surface area (Å²) in [6.45, 7) is 2.19. The molecule has 6 nitrogen and oxygen atoms in total. The van der Waals surface area contributed by atoms with Crippen LogP contribution < -0.4 is 10.5 Å². The van der Waals surface area contributed by atoms with E-state index in [4.69, 9.17) is 10.5 Å². The second-order valence-corrected chi connectivity index (χ2v) is 4.74. The zero-order valence-corrected chi connectivity index (χ0v) is 11.1. The number of aryl methyl sites for hydroxylation is 1. The highest BCUT2D eigenvalue weighted by Gasteiger charge is 2.27. The Hall–Kier alpha value is -2.11. The first-order valence-electron chi connectivity index (χ1n) is 6.48. The molecule has 0 amide bonds. The highest BCUT2D eigenvalue weighted by atomic mass is 16.5. The predicted octanol–water partition coefficient (Wildman–Crippen LogP) is 1.90. The summed E-state index contributed by atoms with van der Waals surface area (Å²) in [7, 11) is 1.57. The van der Waals surface area contributed by atoms with Crippen LogP contribution in [0.2, 0.25) is 0 Å². The van der Waals surface area contributed by atoms with E-state index in [1.54, 1.807) is 7.11 Å². The summed E-state index contributed by atoms with van der Waals surface area (Å²) in [6.07, 6.45) is 4.71.